The third-order valence-electron chi connectivity index (χ3n) is 14.3. The van der Waals surface area contributed by atoms with Gasteiger partial charge in [-0.3, -0.25) is 57.9 Å². The van der Waals surface area contributed by atoms with Crippen LogP contribution in [0.15, 0.2) is 59.4 Å². The van der Waals surface area contributed by atoms with Gasteiger partial charge in [0.25, 0.3) is 23.3 Å². The summed E-state index contributed by atoms with van der Waals surface area (Å²) in [5, 5.41) is 29.4. The molecule has 4 atom stereocenters. The number of aryl methyl sites for hydroxylation is 1. The number of imide groups is 1. The Bertz CT molecular complexity index is 3400. The van der Waals surface area contributed by atoms with Gasteiger partial charge in [-0.2, -0.15) is 0 Å². The lowest BCUT2D eigenvalue weighted by Crippen LogP contribution is -2.55. The number of hydrogen-bond acceptors (Lipinski definition) is 17. The molecule has 10 N–H and O–H groups in total. The molecule has 29 heteroatoms. The summed E-state index contributed by atoms with van der Waals surface area (Å²) >= 11 is 0. The Morgan fingerprint density at radius 1 is 0.901 bits per heavy atom. The van der Waals surface area contributed by atoms with E-state index in [1.807, 2.05) is 0 Å². The fourth-order valence-electron chi connectivity index (χ4n) is 9.92. The summed E-state index contributed by atoms with van der Waals surface area (Å²) < 4.78 is 43.3. The molecule has 0 fully saturated rings. The van der Waals surface area contributed by atoms with E-state index >= 15 is 4.39 Å². The smallest absolute Gasteiger partial charge is 0.458 e. The Labute approximate surface area is 460 Å². The number of cyclic esters (lactones) is 1. The van der Waals surface area contributed by atoms with Crippen LogP contribution in [-0.4, -0.2) is 140 Å². The van der Waals surface area contributed by atoms with Crippen LogP contribution in [0.2, 0.25) is 0 Å². The summed E-state index contributed by atoms with van der Waals surface area (Å²) in [6.07, 6.45) is 2.35. The molecule has 0 spiro atoms. The van der Waals surface area contributed by atoms with E-state index in [0.29, 0.717) is 62.3 Å². The minimum Gasteiger partial charge on any atom is -0.458 e. The molecule has 0 saturated carbocycles. The van der Waals surface area contributed by atoms with E-state index < -0.39 is 141 Å². The molecule has 81 heavy (non-hydrogen) atoms. The molecule has 430 valence electrons. The molecule has 2 aromatic carbocycles. The predicted octanol–water partition coefficient (Wildman–Crippen LogP) is -1.47. The minimum atomic E-state index is -4.90. The molecule has 0 bridgehead atoms. The molecule has 4 aliphatic rings. The Kier molecular flexibility index (Phi) is 17.4. The molecular weight excluding hydrogens is 1090 g/mol. The van der Waals surface area contributed by atoms with Crippen molar-refractivity contribution >= 4 is 72.0 Å². The average Bonchev–Trinajstić information content (AvgIpc) is 4.23. The number of esters is 1. The normalized spacial score (nSPS) is 17.8. The fraction of sp³-hybridized carbons (Fsp3) is 0.404. The van der Waals surface area contributed by atoms with E-state index in [2.05, 4.69) is 41.7 Å². The van der Waals surface area contributed by atoms with E-state index in [1.54, 1.807) is 50.2 Å². The molecule has 2 aromatic heterocycles. The number of benzene rings is 2. The summed E-state index contributed by atoms with van der Waals surface area (Å²) in [4.78, 5) is 154. The van der Waals surface area contributed by atoms with Crippen molar-refractivity contribution in [3.05, 3.63) is 110 Å². The van der Waals surface area contributed by atoms with Crippen LogP contribution >= 0.6 is 7.82 Å². The number of hydrogen-bond donors (Lipinski definition) is 10. The van der Waals surface area contributed by atoms with Gasteiger partial charge in [0, 0.05) is 47.7 Å². The molecule has 8 rings (SSSR count). The Morgan fingerprint density at radius 3 is 2.25 bits per heavy atom. The summed E-state index contributed by atoms with van der Waals surface area (Å²) in [6.45, 7) is 2.00. The van der Waals surface area contributed by atoms with Crippen LogP contribution in [0.5, 0.6) is 0 Å². The number of phosphoric acid groups is 1. The lowest BCUT2D eigenvalue weighted by molar-refractivity contribution is -0.172. The van der Waals surface area contributed by atoms with Gasteiger partial charge < -0.3 is 60.8 Å². The molecule has 1 aliphatic carbocycles. The van der Waals surface area contributed by atoms with Crippen molar-refractivity contribution in [3.63, 3.8) is 0 Å². The number of rotatable bonds is 23. The quantitative estimate of drug-likeness (QED) is 0.0117. The lowest BCUT2D eigenvalue weighted by Gasteiger charge is -2.32. The van der Waals surface area contributed by atoms with E-state index in [4.69, 9.17) is 24.2 Å². The largest absolute Gasteiger partial charge is 0.470 e. The van der Waals surface area contributed by atoms with Gasteiger partial charge in [0.1, 0.15) is 43.6 Å². The first-order valence-electron chi connectivity index (χ1n) is 25.5. The summed E-state index contributed by atoms with van der Waals surface area (Å²) in [5.41, 5.74) is -0.118. The lowest BCUT2D eigenvalue weighted by atomic mass is 9.81. The highest BCUT2D eigenvalue weighted by molar-refractivity contribution is 7.46. The molecular formula is C52H58FN10O17P. The second-order valence-electron chi connectivity index (χ2n) is 19.9. The van der Waals surface area contributed by atoms with Gasteiger partial charge in [0.05, 0.1) is 54.7 Å². The van der Waals surface area contributed by atoms with Gasteiger partial charge in [-0.15, -0.1) is 0 Å². The zero-order valence-electron chi connectivity index (χ0n) is 44.1. The SMILES string of the molecule is CC[C@@]1(O)C(=O)OCc2c1cc1n(c2=O)Cc2c-1nc1cc(F)c(C)c3c1c2[C@@H](NC(=O)C(C)(C)OCNC(=O)CNC(=O)[C@H](Cc1ccccc1)NC(=O)CNC(=O)CNC(=O)[C@H](CNCOP(=O)(O)O)N1C(=O)C=CC1=O)CC3. The predicted molar refractivity (Wildman–Crippen MR) is 278 cm³/mol. The number of amides is 8. The number of ether oxygens (including phenoxy) is 2. The van der Waals surface area contributed by atoms with Gasteiger partial charge in [0.15, 0.2) is 5.60 Å². The molecule has 27 nitrogen and oxygen atoms in total. The van der Waals surface area contributed by atoms with Crippen molar-refractivity contribution in [2.75, 3.05) is 39.6 Å². The van der Waals surface area contributed by atoms with Crippen molar-refractivity contribution in [2.24, 2.45) is 0 Å². The molecule has 5 heterocycles. The highest BCUT2D eigenvalue weighted by Gasteiger charge is 2.46. The highest BCUT2D eigenvalue weighted by atomic mass is 31.2. The maximum Gasteiger partial charge on any atom is 0.470 e. The maximum atomic E-state index is 15.5. The maximum absolute atomic E-state index is 15.5. The zero-order chi connectivity index (χ0) is 58.7. The van der Waals surface area contributed by atoms with Crippen LogP contribution in [0.1, 0.15) is 78.6 Å². The molecule has 0 unspecified atom stereocenters. The molecule has 3 aliphatic heterocycles. The summed E-state index contributed by atoms with van der Waals surface area (Å²) in [7, 11) is -4.90. The van der Waals surface area contributed by atoms with Crippen LogP contribution < -0.4 is 42.8 Å². The molecule has 0 saturated heterocycles. The third-order valence-corrected chi connectivity index (χ3v) is 14.8. The van der Waals surface area contributed by atoms with Gasteiger partial charge >= 0.3 is 13.8 Å². The monoisotopic (exact) mass is 1140 g/mol. The number of phosphoric ester groups is 1. The number of carbonyl (C=O) groups excluding carboxylic acids is 9. The van der Waals surface area contributed by atoms with Crippen LogP contribution in [0.3, 0.4) is 0 Å². The average molecular weight is 1150 g/mol. The zero-order valence-corrected chi connectivity index (χ0v) is 45.0. The first-order chi connectivity index (χ1) is 38.3. The van der Waals surface area contributed by atoms with Crippen molar-refractivity contribution in [1.82, 2.24) is 51.7 Å². The van der Waals surface area contributed by atoms with Crippen LogP contribution in [0.4, 0.5) is 4.39 Å². The van der Waals surface area contributed by atoms with Crippen molar-refractivity contribution in [1.29, 1.82) is 0 Å². The number of aromatic nitrogens is 2. The van der Waals surface area contributed by atoms with Crippen LogP contribution in [0.25, 0.3) is 22.3 Å². The van der Waals surface area contributed by atoms with Gasteiger partial charge in [-0.05, 0) is 68.4 Å². The standard InChI is InChI=1S/C52H58FN10O17P/c1-5-52(74)31-16-36-45-29(22-62(36)48(71)30(31)23-78-50(52)73)44-33(12-11-28-26(2)32(53)17-34(60-45)43(28)44)61-49(72)51(3,4)79-25-58-39(65)20-56-46(69)35(15-27-9-7-6-8-10-27)59-40(66)21-55-38(64)19-57-47(70)37(18-54-24-80-81(75,76)77)63-41(67)13-14-42(63)68/h6-10,13-14,16-17,33,35,37,54,74H,5,11-12,15,18-25H2,1-4H3,(H,55,64)(H,56,69)(H,57,70)(H,58,65)(H,59,66)(H,61,72)(H2,75,76,77)/t33-,35-,37-,52-/m0/s1. The first kappa shape index (κ1) is 59.0. The van der Waals surface area contributed by atoms with Crippen molar-refractivity contribution in [2.45, 2.75) is 95.9 Å². The number of nitrogens with one attached hydrogen (secondary N) is 7. The second kappa shape index (κ2) is 23.9. The molecule has 8 amide bonds. The Hall–Kier alpha value is -8.11. The topological polar surface area (TPSA) is 381 Å². The summed E-state index contributed by atoms with van der Waals surface area (Å²) in [5.74, 6) is -8.04. The number of nitrogens with zero attached hydrogens (tertiary/aromatic N) is 3. The van der Waals surface area contributed by atoms with Gasteiger partial charge in [-0.25, -0.2) is 18.7 Å². The van der Waals surface area contributed by atoms with Crippen molar-refractivity contribution in [3.8, 4) is 11.4 Å². The van der Waals surface area contributed by atoms with E-state index in [9.17, 15) is 57.6 Å². The van der Waals surface area contributed by atoms with E-state index in [-0.39, 0.29) is 42.6 Å². The minimum absolute atomic E-state index is 0.0166. The third kappa shape index (κ3) is 12.8. The Balaban J connectivity index is 0.855. The second-order valence-corrected chi connectivity index (χ2v) is 21.2. The van der Waals surface area contributed by atoms with Crippen LogP contribution in [-0.2, 0) is 93.3 Å². The first-order valence-corrected chi connectivity index (χ1v) is 27.0. The summed E-state index contributed by atoms with van der Waals surface area (Å²) in [6, 6.07) is 7.77. The van der Waals surface area contributed by atoms with E-state index in [0.717, 1.165) is 12.2 Å². The van der Waals surface area contributed by atoms with E-state index in [1.165, 1.54) is 24.5 Å². The number of fused-ring (bicyclic) bond motifs is 5. The number of aliphatic hydroxyl groups is 1. The number of halogens is 1. The van der Waals surface area contributed by atoms with Crippen molar-refractivity contribution < 1.29 is 81.0 Å². The molecule has 4 aromatic rings. The van der Waals surface area contributed by atoms with Crippen LogP contribution in [0, 0.1) is 12.7 Å². The Morgan fingerprint density at radius 2 is 1.57 bits per heavy atom. The fourth-order valence-corrected chi connectivity index (χ4v) is 10.2. The number of pyridine rings is 2. The van der Waals surface area contributed by atoms with Gasteiger partial charge in [-0.1, -0.05) is 37.3 Å². The highest BCUT2D eigenvalue weighted by Crippen LogP contribution is 2.46. The molecule has 0 radical (unpaired) electrons. The van der Waals surface area contributed by atoms with Gasteiger partial charge in [0.2, 0.25) is 29.5 Å². The number of carbonyl (C=O) groups is 9.